The van der Waals surface area contributed by atoms with Crippen LogP contribution in [0.2, 0.25) is 0 Å². The van der Waals surface area contributed by atoms with Crippen LogP contribution in [0.4, 0.5) is 0 Å². The molecule has 0 aliphatic carbocycles. The minimum atomic E-state index is -0.165. The predicted octanol–water partition coefficient (Wildman–Crippen LogP) is 7.91. The highest BCUT2D eigenvalue weighted by molar-refractivity contribution is 6.00. The van der Waals surface area contributed by atoms with Crippen molar-refractivity contribution in [2.75, 3.05) is 0 Å². The molecule has 0 bridgehead atoms. The zero-order valence-electron chi connectivity index (χ0n) is 21.7. The SMILES string of the molecule is CCC(NC(=O)c1c(-c2ccccc2Oc2ccccc2)nc(-c2ccccc2)n1CC)c1ccccc1. The van der Waals surface area contributed by atoms with Crippen molar-refractivity contribution < 1.29 is 9.53 Å². The second-order valence-electron chi connectivity index (χ2n) is 9.00. The number of ether oxygens (including phenoxy) is 1. The van der Waals surface area contributed by atoms with Gasteiger partial charge in [-0.2, -0.15) is 0 Å². The zero-order chi connectivity index (χ0) is 26.3. The van der Waals surface area contributed by atoms with E-state index in [0.717, 1.165) is 34.7 Å². The summed E-state index contributed by atoms with van der Waals surface area (Å²) in [6, 6.07) is 37.3. The van der Waals surface area contributed by atoms with Gasteiger partial charge in [0, 0.05) is 17.7 Å². The fraction of sp³-hybridized carbons (Fsp3) is 0.152. The lowest BCUT2D eigenvalue weighted by molar-refractivity contribution is 0.0927. The second kappa shape index (κ2) is 11.6. The van der Waals surface area contributed by atoms with Crippen molar-refractivity contribution in [2.45, 2.75) is 32.9 Å². The van der Waals surface area contributed by atoms with Gasteiger partial charge in [-0.3, -0.25) is 4.79 Å². The van der Waals surface area contributed by atoms with Gasteiger partial charge in [-0.25, -0.2) is 4.98 Å². The Morgan fingerprint density at radius 2 is 1.42 bits per heavy atom. The molecule has 4 aromatic carbocycles. The summed E-state index contributed by atoms with van der Waals surface area (Å²) in [4.78, 5) is 19.1. The molecule has 5 rings (SSSR count). The Bertz CT molecular complexity index is 1500. The van der Waals surface area contributed by atoms with Crippen LogP contribution in [-0.2, 0) is 6.54 Å². The summed E-state index contributed by atoms with van der Waals surface area (Å²) >= 11 is 0. The van der Waals surface area contributed by atoms with E-state index in [0.29, 0.717) is 23.7 Å². The van der Waals surface area contributed by atoms with Crippen LogP contribution in [-0.4, -0.2) is 15.5 Å². The minimum Gasteiger partial charge on any atom is -0.457 e. The van der Waals surface area contributed by atoms with Crippen molar-refractivity contribution in [3.8, 4) is 34.1 Å². The summed E-state index contributed by atoms with van der Waals surface area (Å²) in [7, 11) is 0. The van der Waals surface area contributed by atoms with Crippen LogP contribution in [0, 0.1) is 0 Å². The van der Waals surface area contributed by atoms with E-state index in [2.05, 4.69) is 12.2 Å². The number of amides is 1. The predicted molar refractivity (Wildman–Crippen MR) is 152 cm³/mol. The van der Waals surface area contributed by atoms with Gasteiger partial charge in [-0.1, -0.05) is 97.9 Å². The van der Waals surface area contributed by atoms with Crippen molar-refractivity contribution in [3.63, 3.8) is 0 Å². The molecule has 0 fully saturated rings. The number of hydrogen-bond acceptors (Lipinski definition) is 3. The van der Waals surface area contributed by atoms with Gasteiger partial charge in [0.25, 0.3) is 5.91 Å². The average molecular weight is 502 g/mol. The van der Waals surface area contributed by atoms with Gasteiger partial charge < -0.3 is 14.6 Å². The lowest BCUT2D eigenvalue weighted by Crippen LogP contribution is -2.30. The molecule has 1 unspecified atom stereocenters. The van der Waals surface area contributed by atoms with Gasteiger partial charge >= 0.3 is 0 Å². The molecule has 0 radical (unpaired) electrons. The average Bonchev–Trinajstić information content (AvgIpc) is 3.37. The molecule has 0 saturated heterocycles. The van der Waals surface area contributed by atoms with Crippen LogP contribution in [0.25, 0.3) is 22.6 Å². The van der Waals surface area contributed by atoms with E-state index in [-0.39, 0.29) is 11.9 Å². The number of benzene rings is 4. The van der Waals surface area contributed by atoms with Gasteiger partial charge in [0.2, 0.25) is 0 Å². The highest BCUT2D eigenvalue weighted by atomic mass is 16.5. The smallest absolute Gasteiger partial charge is 0.270 e. The molecule has 5 aromatic rings. The molecule has 5 heteroatoms. The summed E-state index contributed by atoms with van der Waals surface area (Å²) in [5.41, 5.74) is 3.90. The molecule has 1 atom stereocenters. The van der Waals surface area contributed by atoms with Gasteiger partial charge in [0.15, 0.2) is 0 Å². The summed E-state index contributed by atoms with van der Waals surface area (Å²) in [5, 5.41) is 3.28. The first-order chi connectivity index (χ1) is 18.7. The molecule has 1 aromatic heterocycles. The van der Waals surface area contributed by atoms with E-state index < -0.39 is 0 Å². The molecule has 0 spiro atoms. The van der Waals surface area contributed by atoms with E-state index in [1.807, 2.05) is 127 Å². The third-order valence-electron chi connectivity index (χ3n) is 6.56. The van der Waals surface area contributed by atoms with Crippen molar-refractivity contribution in [1.82, 2.24) is 14.9 Å². The maximum atomic E-state index is 14.1. The first-order valence-electron chi connectivity index (χ1n) is 13.0. The largest absolute Gasteiger partial charge is 0.457 e. The lowest BCUT2D eigenvalue weighted by Gasteiger charge is -2.19. The van der Waals surface area contributed by atoms with E-state index in [4.69, 9.17) is 9.72 Å². The molecule has 0 aliphatic rings. The number of hydrogen-bond donors (Lipinski definition) is 1. The molecule has 1 heterocycles. The number of nitrogens with zero attached hydrogens (tertiary/aromatic N) is 2. The van der Waals surface area contributed by atoms with Crippen molar-refractivity contribution in [3.05, 3.63) is 127 Å². The number of rotatable bonds is 9. The Morgan fingerprint density at radius 3 is 2.08 bits per heavy atom. The van der Waals surface area contributed by atoms with E-state index >= 15 is 0 Å². The lowest BCUT2D eigenvalue weighted by atomic mass is 10.0. The highest BCUT2D eigenvalue weighted by Crippen LogP contribution is 2.37. The first kappa shape index (κ1) is 25.0. The van der Waals surface area contributed by atoms with Crippen LogP contribution < -0.4 is 10.1 Å². The second-order valence-corrected chi connectivity index (χ2v) is 9.00. The third kappa shape index (κ3) is 5.23. The molecule has 0 aliphatic heterocycles. The summed E-state index contributed by atoms with van der Waals surface area (Å²) in [6.45, 7) is 4.70. The van der Waals surface area contributed by atoms with Crippen LogP contribution in [0.5, 0.6) is 11.5 Å². The zero-order valence-corrected chi connectivity index (χ0v) is 21.7. The quantitative estimate of drug-likeness (QED) is 0.223. The highest BCUT2D eigenvalue weighted by Gasteiger charge is 2.27. The van der Waals surface area contributed by atoms with Gasteiger partial charge in [0.05, 0.1) is 6.04 Å². The van der Waals surface area contributed by atoms with E-state index in [9.17, 15) is 4.79 Å². The maximum Gasteiger partial charge on any atom is 0.270 e. The van der Waals surface area contributed by atoms with Crippen molar-refractivity contribution in [2.24, 2.45) is 0 Å². The fourth-order valence-electron chi connectivity index (χ4n) is 4.69. The van der Waals surface area contributed by atoms with E-state index in [1.54, 1.807) is 0 Å². The topological polar surface area (TPSA) is 56.1 Å². The molecular formula is C33H31N3O2. The Labute approximate surface area is 223 Å². The molecule has 190 valence electrons. The standard InChI is InChI=1S/C33H31N3O2/c1-3-28(24-16-8-5-9-17-24)34-33(37)31-30(35-32(36(31)4-2)25-18-10-6-11-19-25)27-22-14-15-23-29(27)38-26-20-12-7-13-21-26/h5-23,28H,3-4H2,1-2H3,(H,34,37). The van der Waals surface area contributed by atoms with Gasteiger partial charge in [0.1, 0.15) is 28.7 Å². The summed E-state index contributed by atoms with van der Waals surface area (Å²) in [6.07, 6.45) is 0.768. The Hall–Kier alpha value is -4.64. The number of carbonyl (C=O) groups excluding carboxylic acids is 1. The first-order valence-corrected chi connectivity index (χ1v) is 13.0. The number of nitrogens with one attached hydrogen (secondary N) is 1. The number of carbonyl (C=O) groups is 1. The Morgan fingerprint density at radius 1 is 0.816 bits per heavy atom. The fourth-order valence-corrected chi connectivity index (χ4v) is 4.69. The number of para-hydroxylation sites is 2. The Balaban J connectivity index is 1.64. The van der Waals surface area contributed by atoms with Crippen molar-refractivity contribution in [1.29, 1.82) is 0 Å². The Kier molecular flexibility index (Phi) is 7.65. The summed E-state index contributed by atoms with van der Waals surface area (Å²) in [5.74, 6) is 1.94. The molecule has 5 nitrogen and oxygen atoms in total. The number of aromatic nitrogens is 2. The third-order valence-corrected chi connectivity index (χ3v) is 6.56. The van der Waals surface area contributed by atoms with Gasteiger partial charge in [-0.05, 0) is 43.2 Å². The van der Waals surface area contributed by atoms with Crippen molar-refractivity contribution >= 4 is 5.91 Å². The monoisotopic (exact) mass is 501 g/mol. The van der Waals surface area contributed by atoms with Crippen LogP contribution >= 0.6 is 0 Å². The van der Waals surface area contributed by atoms with Crippen LogP contribution in [0.15, 0.2) is 115 Å². The number of imidazole rings is 1. The maximum absolute atomic E-state index is 14.1. The van der Waals surface area contributed by atoms with E-state index in [1.165, 1.54) is 0 Å². The van der Waals surface area contributed by atoms with Crippen LogP contribution in [0.3, 0.4) is 0 Å². The molecule has 1 N–H and O–H groups in total. The molecule has 0 saturated carbocycles. The summed E-state index contributed by atoms with van der Waals surface area (Å²) < 4.78 is 8.27. The molecular weight excluding hydrogens is 470 g/mol. The van der Waals surface area contributed by atoms with Crippen LogP contribution in [0.1, 0.15) is 42.4 Å². The normalized spacial score (nSPS) is 11.6. The van der Waals surface area contributed by atoms with Gasteiger partial charge in [-0.15, -0.1) is 0 Å². The molecule has 1 amide bonds. The minimum absolute atomic E-state index is 0.118. The molecule has 38 heavy (non-hydrogen) atoms.